The summed E-state index contributed by atoms with van der Waals surface area (Å²) in [6, 6.07) is 14.0. The first-order valence-corrected chi connectivity index (χ1v) is 10.1. The minimum atomic E-state index is -0.338. The third kappa shape index (κ3) is 2.92. The van der Waals surface area contributed by atoms with E-state index in [0.29, 0.717) is 0 Å². The third-order valence-corrected chi connectivity index (χ3v) is 6.40. The highest BCUT2D eigenvalue weighted by Crippen LogP contribution is 2.48. The van der Waals surface area contributed by atoms with Crippen LogP contribution in [0, 0.1) is 0 Å². The van der Waals surface area contributed by atoms with Crippen molar-refractivity contribution in [3.63, 3.8) is 0 Å². The third-order valence-electron chi connectivity index (χ3n) is 5.91. The average molecular weight is 403 g/mol. The average Bonchev–Trinajstić information content (AvgIpc) is 3.12. The predicted octanol–water partition coefficient (Wildman–Crippen LogP) is 3.29. The van der Waals surface area contributed by atoms with Crippen LogP contribution in [0.5, 0.6) is 5.75 Å². The number of ether oxygens (including phenoxy) is 1. The Morgan fingerprint density at radius 1 is 1.07 bits per heavy atom. The zero-order chi connectivity index (χ0) is 18.6. The highest BCUT2D eigenvalue weighted by Gasteiger charge is 2.52. The van der Waals surface area contributed by atoms with Crippen LogP contribution >= 0.6 is 23.2 Å². The van der Waals surface area contributed by atoms with Crippen molar-refractivity contribution < 1.29 is 9.64 Å². The molecular weight excluding hydrogens is 381 g/mol. The molecule has 2 aromatic carbocycles. The predicted molar refractivity (Wildman–Crippen MR) is 108 cm³/mol. The molecule has 0 bridgehead atoms. The fourth-order valence-corrected chi connectivity index (χ4v) is 4.66. The minimum Gasteiger partial charge on any atom is -0.470 e. The molecule has 0 unspecified atom stereocenters. The SMILES string of the molecule is C[NH+]1CCC2(CC1)Oc1ccc(Cl)cc1[C@@H]1C=C(c3ccc(Cl)cc3)NN12. The molecule has 2 N–H and O–H groups in total. The molecule has 0 saturated carbocycles. The first kappa shape index (κ1) is 17.4. The van der Waals surface area contributed by atoms with E-state index in [2.05, 4.69) is 23.6 Å². The van der Waals surface area contributed by atoms with Gasteiger partial charge in [0.05, 0.1) is 44.7 Å². The second-order valence-electron chi connectivity index (χ2n) is 7.70. The minimum absolute atomic E-state index is 0.0940. The molecule has 0 radical (unpaired) electrons. The number of quaternary nitrogens is 1. The van der Waals surface area contributed by atoms with Gasteiger partial charge in [-0.2, -0.15) is 5.01 Å². The Labute approximate surface area is 169 Å². The molecule has 1 spiro atoms. The van der Waals surface area contributed by atoms with E-state index in [0.717, 1.165) is 58.5 Å². The maximum Gasteiger partial charge on any atom is 0.191 e. The van der Waals surface area contributed by atoms with Crippen molar-refractivity contribution in [2.24, 2.45) is 0 Å². The van der Waals surface area contributed by atoms with E-state index in [1.165, 1.54) is 0 Å². The molecule has 0 aromatic heterocycles. The smallest absolute Gasteiger partial charge is 0.191 e. The van der Waals surface area contributed by atoms with Crippen molar-refractivity contribution >= 4 is 28.9 Å². The van der Waals surface area contributed by atoms with E-state index < -0.39 is 0 Å². The van der Waals surface area contributed by atoms with Crippen LogP contribution in [0.4, 0.5) is 0 Å². The van der Waals surface area contributed by atoms with Crippen LogP contribution in [-0.4, -0.2) is 30.9 Å². The highest BCUT2D eigenvalue weighted by molar-refractivity contribution is 6.31. The lowest BCUT2D eigenvalue weighted by Gasteiger charge is -2.50. The molecule has 2 aromatic rings. The summed E-state index contributed by atoms with van der Waals surface area (Å²) < 4.78 is 6.62. The number of hydrogen-bond acceptors (Lipinski definition) is 3. The van der Waals surface area contributed by atoms with Gasteiger partial charge in [-0.05, 0) is 42.0 Å². The maximum absolute atomic E-state index is 6.62. The van der Waals surface area contributed by atoms with E-state index in [4.69, 9.17) is 27.9 Å². The Bertz CT molecular complexity index is 904. The monoisotopic (exact) mass is 402 g/mol. The van der Waals surface area contributed by atoms with Crippen LogP contribution in [0.15, 0.2) is 48.5 Å². The van der Waals surface area contributed by atoms with E-state index >= 15 is 0 Å². The summed E-state index contributed by atoms with van der Waals surface area (Å²) in [6.45, 7) is 2.17. The van der Waals surface area contributed by atoms with Gasteiger partial charge in [-0.1, -0.05) is 35.3 Å². The second-order valence-corrected chi connectivity index (χ2v) is 8.57. The Balaban J connectivity index is 1.58. The first-order chi connectivity index (χ1) is 13.0. The van der Waals surface area contributed by atoms with E-state index in [9.17, 15) is 0 Å². The lowest BCUT2D eigenvalue weighted by Crippen LogP contribution is -3.11. The van der Waals surface area contributed by atoms with E-state index in [1.807, 2.05) is 42.5 Å². The standard InChI is InChI=1S/C21H21Cl2N3O/c1-25-10-8-21(9-11-25)26-19(17-12-16(23)6-7-20(17)27-21)13-18(24-26)14-2-4-15(22)5-3-14/h2-7,12-13,19,24H,8-11H2,1H3/p+1/t19-/m0/s1. The van der Waals surface area contributed by atoms with Crippen LogP contribution in [0.2, 0.25) is 10.0 Å². The van der Waals surface area contributed by atoms with Gasteiger partial charge < -0.3 is 15.1 Å². The summed E-state index contributed by atoms with van der Waals surface area (Å²) in [5, 5.41) is 3.77. The molecule has 3 aliphatic rings. The van der Waals surface area contributed by atoms with Gasteiger partial charge in [0.15, 0.2) is 5.72 Å². The number of nitrogens with one attached hydrogen (secondary N) is 2. The van der Waals surface area contributed by atoms with Crippen molar-refractivity contribution in [2.75, 3.05) is 20.1 Å². The summed E-state index contributed by atoms with van der Waals surface area (Å²) in [5.41, 5.74) is 6.61. The van der Waals surface area contributed by atoms with Gasteiger partial charge in [0.25, 0.3) is 0 Å². The molecule has 0 amide bonds. The number of piperidine rings is 1. The number of hydrazine groups is 1. The maximum atomic E-state index is 6.62. The first-order valence-electron chi connectivity index (χ1n) is 9.38. The number of likely N-dealkylation sites (tertiary alicyclic amines) is 1. The fourth-order valence-electron chi connectivity index (χ4n) is 4.35. The van der Waals surface area contributed by atoms with Crippen molar-refractivity contribution in [3.8, 4) is 5.75 Å². The zero-order valence-corrected chi connectivity index (χ0v) is 16.6. The van der Waals surface area contributed by atoms with Crippen LogP contribution in [-0.2, 0) is 0 Å². The molecule has 27 heavy (non-hydrogen) atoms. The summed E-state index contributed by atoms with van der Waals surface area (Å²) >= 11 is 12.4. The molecule has 1 fully saturated rings. The number of benzene rings is 2. The molecule has 140 valence electrons. The molecule has 0 aliphatic carbocycles. The Morgan fingerprint density at radius 3 is 2.52 bits per heavy atom. The Morgan fingerprint density at radius 2 is 1.78 bits per heavy atom. The largest absolute Gasteiger partial charge is 0.470 e. The Kier molecular flexibility index (Phi) is 4.13. The normalized spacial score (nSPS) is 29.5. The topological polar surface area (TPSA) is 28.9 Å². The van der Waals surface area contributed by atoms with Gasteiger partial charge in [0.1, 0.15) is 5.75 Å². The van der Waals surface area contributed by atoms with E-state index in [-0.39, 0.29) is 11.8 Å². The molecule has 5 rings (SSSR count). The summed E-state index contributed by atoms with van der Waals surface area (Å²) in [6.07, 6.45) is 4.23. The molecule has 3 aliphatic heterocycles. The number of nitrogens with zero attached hydrogens (tertiary/aromatic N) is 1. The van der Waals surface area contributed by atoms with Gasteiger partial charge in [0, 0.05) is 15.6 Å². The Hall–Kier alpha value is -1.72. The molecule has 6 heteroatoms. The van der Waals surface area contributed by atoms with Crippen LogP contribution in [0.25, 0.3) is 5.70 Å². The lowest BCUT2D eigenvalue weighted by atomic mass is 9.93. The number of halogens is 2. The van der Waals surface area contributed by atoms with E-state index in [1.54, 1.807) is 4.90 Å². The van der Waals surface area contributed by atoms with Crippen LogP contribution in [0.1, 0.15) is 30.0 Å². The summed E-state index contributed by atoms with van der Waals surface area (Å²) in [7, 11) is 2.25. The molecular formula is C21H22Cl2N3O+. The van der Waals surface area contributed by atoms with Gasteiger partial charge >= 0.3 is 0 Å². The van der Waals surface area contributed by atoms with Crippen molar-refractivity contribution in [3.05, 3.63) is 69.7 Å². The number of rotatable bonds is 1. The number of fused-ring (bicyclic) bond motifs is 4. The van der Waals surface area contributed by atoms with Crippen molar-refractivity contribution in [1.29, 1.82) is 0 Å². The van der Waals surface area contributed by atoms with Crippen molar-refractivity contribution in [1.82, 2.24) is 10.4 Å². The van der Waals surface area contributed by atoms with Gasteiger partial charge in [-0.25, -0.2) is 0 Å². The molecule has 4 nitrogen and oxygen atoms in total. The van der Waals surface area contributed by atoms with Gasteiger partial charge in [-0.3, -0.25) is 0 Å². The molecule has 1 atom stereocenters. The fraction of sp³-hybridized carbons (Fsp3) is 0.333. The quantitative estimate of drug-likeness (QED) is 0.766. The van der Waals surface area contributed by atoms with Crippen molar-refractivity contribution in [2.45, 2.75) is 24.6 Å². The summed E-state index contributed by atoms with van der Waals surface area (Å²) in [4.78, 5) is 1.55. The zero-order valence-electron chi connectivity index (χ0n) is 15.1. The van der Waals surface area contributed by atoms with Crippen LogP contribution in [0.3, 0.4) is 0 Å². The lowest BCUT2D eigenvalue weighted by molar-refractivity contribution is -0.888. The second kappa shape index (κ2) is 6.42. The molecule has 1 saturated heterocycles. The number of hydrogen-bond donors (Lipinski definition) is 2. The van der Waals surface area contributed by atoms with Gasteiger partial charge in [-0.15, -0.1) is 0 Å². The molecule has 3 heterocycles. The van der Waals surface area contributed by atoms with Gasteiger partial charge in [0.2, 0.25) is 0 Å². The highest BCUT2D eigenvalue weighted by atomic mass is 35.5. The summed E-state index contributed by atoms with van der Waals surface area (Å²) in [5.74, 6) is 0.940. The van der Waals surface area contributed by atoms with Crippen LogP contribution < -0.4 is 15.1 Å².